The molecule has 0 unspecified atom stereocenters. The van der Waals surface area contributed by atoms with Crippen molar-refractivity contribution in [3.8, 4) is 0 Å². The van der Waals surface area contributed by atoms with Crippen LogP contribution in [-0.2, 0) is 11.4 Å². The smallest absolute Gasteiger partial charge is 0.266 e. The fourth-order valence-electron chi connectivity index (χ4n) is 1.47. The quantitative estimate of drug-likeness (QED) is 0.521. The van der Waals surface area contributed by atoms with Crippen LogP contribution in [0.15, 0.2) is 34.1 Å². The Hall–Kier alpha value is -1.37. The molecule has 0 radical (unpaired) electrons. The van der Waals surface area contributed by atoms with Gasteiger partial charge < -0.3 is 9.52 Å². The van der Waals surface area contributed by atoms with E-state index in [1.807, 2.05) is 0 Å². The molecule has 6 heteroatoms. The highest BCUT2D eigenvalue weighted by molar-refractivity contribution is 8.26. The number of aliphatic hydroxyl groups excluding tert-OH is 1. The second-order valence-corrected chi connectivity index (χ2v) is 5.22. The van der Waals surface area contributed by atoms with Gasteiger partial charge in [-0.3, -0.25) is 9.69 Å². The van der Waals surface area contributed by atoms with E-state index in [1.165, 1.54) is 16.7 Å². The number of hydrogen-bond acceptors (Lipinski definition) is 5. The standard InChI is InChI=1S/C12H11NO3S2/c1-2-5-13-11(15)10(18-12(13)17)6-8-3-4-9(7-14)16-8/h2-4,6,14H,1,5,7H2/b10-6+. The first kappa shape index (κ1) is 13.1. The van der Waals surface area contributed by atoms with Crippen LogP contribution in [0.2, 0.25) is 0 Å². The number of aliphatic hydroxyl groups is 1. The van der Waals surface area contributed by atoms with Gasteiger partial charge in [0, 0.05) is 12.6 Å². The minimum atomic E-state index is -0.161. The summed E-state index contributed by atoms with van der Waals surface area (Å²) >= 11 is 6.35. The van der Waals surface area contributed by atoms with E-state index in [4.69, 9.17) is 21.7 Å². The van der Waals surface area contributed by atoms with Crippen LogP contribution < -0.4 is 0 Å². The van der Waals surface area contributed by atoms with Gasteiger partial charge in [0.15, 0.2) is 0 Å². The first-order valence-electron chi connectivity index (χ1n) is 5.21. The summed E-state index contributed by atoms with van der Waals surface area (Å²) in [7, 11) is 0. The summed E-state index contributed by atoms with van der Waals surface area (Å²) in [5, 5.41) is 8.89. The van der Waals surface area contributed by atoms with E-state index < -0.39 is 0 Å². The lowest BCUT2D eigenvalue weighted by Gasteiger charge is -2.10. The Bertz CT molecular complexity index is 533. The minimum Gasteiger partial charge on any atom is -0.459 e. The van der Waals surface area contributed by atoms with E-state index in [9.17, 15) is 4.79 Å². The van der Waals surface area contributed by atoms with Crippen molar-refractivity contribution in [2.45, 2.75) is 6.61 Å². The molecule has 1 aliphatic rings. The maximum absolute atomic E-state index is 12.0. The van der Waals surface area contributed by atoms with Gasteiger partial charge in [-0.05, 0) is 12.1 Å². The maximum Gasteiger partial charge on any atom is 0.266 e. The molecule has 18 heavy (non-hydrogen) atoms. The van der Waals surface area contributed by atoms with Crippen LogP contribution in [0.3, 0.4) is 0 Å². The lowest BCUT2D eigenvalue weighted by Crippen LogP contribution is -2.27. The Morgan fingerprint density at radius 1 is 1.56 bits per heavy atom. The number of rotatable bonds is 4. The van der Waals surface area contributed by atoms with Crippen molar-refractivity contribution in [2.24, 2.45) is 0 Å². The maximum atomic E-state index is 12.0. The summed E-state index contributed by atoms with van der Waals surface area (Å²) in [4.78, 5) is 14.0. The average molecular weight is 281 g/mol. The van der Waals surface area contributed by atoms with Gasteiger partial charge in [-0.1, -0.05) is 30.1 Å². The summed E-state index contributed by atoms with van der Waals surface area (Å²) in [6.45, 7) is 3.83. The third-order valence-electron chi connectivity index (χ3n) is 2.30. The Balaban J connectivity index is 2.21. The summed E-state index contributed by atoms with van der Waals surface area (Å²) in [5.74, 6) is 0.841. The van der Waals surface area contributed by atoms with Crippen molar-refractivity contribution in [1.82, 2.24) is 4.90 Å². The van der Waals surface area contributed by atoms with Crippen LogP contribution in [-0.4, -0.2) is 26.8 Å². The molecule has 1 aromatic rings. The largest absolute Gasteiger partial charge is 0.459 e. The van der Waals surface area contributed by atoms with E-state index in [1.54, 1.807) is 24.3 Å². The average Bonchev–Trinajstić information content (AvgIpc) is 2.90. The molecule has 0 aliphatic carbocycles. The monoisotopic (exact) mass is 281 g/mol. The number of carbonyl (C=O) groups excluding carboxylic acids is 1. The van der Waals surface area contributed by atoms with E-state index in [-0.39, 0.29) is 12.5 Å². The molecule has 0 atom stereocenters. The highest BCUT2D eigenvalue weighted by Crippen LogP contribution is 2.32. The molecular formula is C12H11NO3S2. The lowest BCUT2D eigenvalue weighted by molar-refractivity contribution is -0.121. The molecule has 1 N–H and O–H groups in total. The molecule has 0 saturated carbocycles. The van der Waals surface area contributed by atoms with Gasteiger partial charge in [0.05, 0.1) is 4.91 Å². The third kappa shape index (κ3) is 2.55. The molecule has 94 valence electrons. The number of nitrogens with zero attached hydrogens (tertiary/aromatic N) is 1. The highest BCUT2D eigenvalue weighted by Gasteiger charge is 2.31. The molecule has 0 bridgehead atoms. The van der Waals surface area contributed by atoms with Crippen molar-refractivity contribution in [3.05, 3.63) is 41.2 Å². The predicted octanol–water partition coefficient (Wildman–Crippen LogP) is 2.16. The number of hydrogen-bond donors (Lipinski definition) is 1. The summed E-state index contributed by atoms with van der Waals surface area (Å²) < 4.78 is 5.81. The SMILES string of the molecule is C=CCN1C(=O)/C(=C\c2ccc(CO)o2)SC1=S. The zero-order chi connectivity index (χ0) is 13.1. The Kier molecular flexibility index (Phi) is 4.00. The number of carbonyl (C=O) groups is 1. The molecular weight excluding hydrogens is 270 g/mol. The van der Waals surface area contributed by atoms with Gasteiger partial charge in [-0.15, -0.1) is 6.58 Å². The minimum absolute atomic E-state index is 0.146. The summed E-state index contributed by atoms with van der Waals surface area (Å²) in [6.07, 6.45) is 3.26. The molecule has 0 spiro atoms. The van der Waals surface area contributed by atoms with Crippen molar-refractivity contribution >= 4 is 40.3 Å². The zero-order valence-electron chi connectivity index (χ0n) is 9.46. The van der Waals surface area contributed by atoms with Crippen LogP contribution in [0.5, 0.6) is 0 Å². The first-order chi connectivity index (χ1) is 8.65. The van der Waals surface area contributed by atoms with Gasteiger partial charge in [-0.25, -0.2) is 0 Å². The number of furan rings is 1. The molecule has 4 nitrogen and oxygen atoms in total. The number of amides is 1. The lowest BCUT2D eigenvalue weighted by atomic mass is 10.3. The van der Waals surface area contributed by atoms with Gasteiger partial charge in [0.25, 0.3) is 5.91 Å². The molecule has 1 saturated heterocycles. The van der Waals surface area contributed by atoms with Crippen LogP contribution >= 0.6 is 24.0 Å². The van der Waals surface area contributed by atoms with Gasteiger partial charge in [-0.2, -0.15) is 0 Å². The zero-order valence-corrected chi connectivity index (χ0v) is 11.1. The molecule has 2 rings (SSSR count). The van der Waals surface area contributed by atoms with Crippen LogP contribution in [0, 0.1) is 0 Å². The van der Waals surface area contributed by atoms with Crippen molar-refractivity contribution in [3.63, 3.8) is 0 Å². The number of thiocarbonyl (C=S) groups is 1. The van der Waals surface area contributed by atoms with Crippen LogP contribution in [0.4, 0.5) is 0 Å². The molecule has 0 aromatic carbocycles. The summed E-state index contributed by atoms with van der Waals surface area (Å²) in [5.41, 5.74) is 0. The Morgan fingerprint density at radius 3 is 2.94 bits per heavy atom. The normalized spacial score (nSPS) is 17.8. The highest BCUT2D eigenvalue weighted by atomic mass is 32.2. The van der Waals surface area contributed by atoms with Crippen molar-refractivity contribution in [2.75, 3.05) is 6.54 Å². The molecule has 1 aromatic heterocycles. The van der Waals surface area contributed by atoms with E-state index in [2.05, 4.69) is 6.58 Å². The van der Waals surface area contributed by atoms with Crippen LogP contribution in [0.25, 0.3) is 6.08 Å². The molecule has 1 aliphatic heterocycles. The van der Waals surface area contributed by atoms with Gasteiger partial charge in [0.1, 0.15) is 22.4 Å². The Morgan fingerprint density at radius 2 is 2.33 bits per heavy atom. The topological polar surface area (TPSA) is 53.7 Å². The summed E-state index contributed by atoms with van der Waals surface area (Å²) in [6, 6.07) is 3.36. The third-order valence-corrected chi connectivity index (χ3v) is 3.67. The fourth-order valence-corrected chi connectivity index (χ4v) is 2.73. The van der Waals surface area contributed by atoms with Crippen molar-refractivity contribution < 1.29 is 14.3 Å². The molecule has 1 amide bonds. The molecule has 1 fully saturated rings. The van der Waals surface area contributed by atoms with Gasteiger partial charge in [0.2, 0.25) is 0 Å². The second-order valence-electron chi connectivity index (χ2n) is 3.54. The predicted molar refractivity (Wildman–Crippen MR) is 74.7 cm³/mol. The molecule has 2 heterocycles. The Labute approximate surface area is 114 Å². The van der Waals surface area contributed by atoms with Crippen LogP contribution in [0.1, 0.15) is 11.5 Å². The van der Waals surface area contributed by atoms with E-state index >= 15 is 0 Å². The fraction of sp³-hybridized carbons (Fsp3) is 0.167. The van der Waals surface area contributed by atoms with E-state index in [0.29, 0.717) is 27.3 Å². The first-order valence-corrected chi connectivity index (χ1v) is 6.44. The van der Waals surface area contributed by atoms with E-state index in [0.717, 1.165) is 0 Å². The second kappa shape index (κ2) is 5.51. The van der Waals surface area contributed by atoms with Crippen molar-refractivity contribution in [1.29, 1.82) is 0 Å². The van der Waals surface area contributed by atoms with Gasteiger partial charge >= 0.3 is 0 Å². The number of thioether (sulfide) groups is 1.